The lowest BCUT2D eigenvalue weighted by molar-refractivity contribution is 0.503. The summed E-state index contributed by atoms with van der Waals surface area (Å²) in [5.41, 5.74) is 2.65. The molecule has 0 saturated carbocycles. The molecular formula is C14H16N4O2S. The van der Waals surface area contributed by atoms with Crippen molar-refractivity contribution in [2.45, 2.75) is 25.3 Å². The molecule has 110 valence electrons. The number of nitrogens with one attached hydrogen (secondary N) is 1. The Morgan fingerprint density at radius 1 is 1.33 bits per heavy atom. The lowest BCUT2D eigenvalue weighted by atomic mass is 9.93. The summed E-state index contributed by atoms with van der Waals surface area (Å²) in [5, 5.41) is 0. The summed E-state index contributed by atoms with van der Waals surface area (Å²) < 4.78 is 25.5. The van der Waals surface area contributed by atoms with Gasteiger partial charge < -0.3 is 0 Å². The van der Waals surface area contributed by atoms with E-state index in [9.17, 15) is 8.42 Å². The molecule has 1 aliphatic rings. The van der Waals surface area contributed by atoms with Crippen molar-refractivity contribution in [3.63, 3.8) is 0 Å². The van der Waals surface area contributed by atoms with Crippen molar-refractivity contribution in [3.05, 3.63) is 42.0 Å². The van der Waals surface area contributed by atoms with Gasteiger partial charge in [0.2, 0.25) is 10.0 Å². The molecular weight excluding hydrogens is 288 g/mol. The van der Waals surface area contributed by atoms with Crippen molar-refractivity contribution in [1.29, 1.82) is 0 Å². The molecule has 0 saturated heterocycles. The molecule has 1 unspecified atom stereocenters. The lowest BCUT2D eigenvalue weighted by Crippen LogP contribution is -2.30. The van der Waals surface area contributed by atoms with Crippen LogP contribution in [0.4, 0.5) is 0 Å². The van der Waals surface area contributed by atoms with Crippen molar-refractivity contribution < 1.29 is 8.42 Å². The van der Waals surface area contributed by atoms with Gasteiger partial charge in [-0.05, 0) is 31.4 Å². The third-order valence-corrected chi connectivity index (χ3v) is 4.17. The molecule has 0 radical (unpaired) electrons. The molecule has 1 N–H and O–H groups in total. The first-order valence-electron chi connectivity index (χ1n) is 6.76. The second kappa shape index (κ2) is 5.50. The van der Waals surface area contributed by atoms with Crippen LogP contribution >= 0.6 is 0 Å². The van der Waals surface area contributed by atoms with E-state index in [4.69, 9.17) is 0 Å². The van der Waals surface area contributed by atoms with Gasteiger partial charge >= 0.3 is 0 Å². The highest BCUT2D eigenvalue weighted by molar-refractivity contribution is 7.88. The first kappa shape index (κ1) is 14.1. The summed E-state index contributed by atoms with van der Waals surface area (Å²) in [6.07, 6.45) is 8.84. The molecule has 2 aromatic heterocycles. The summed E-state index contributed by atoms with van der Waals surface area (Å²) in [6, 6.07) is 3.52. The Labute approximate surface area is 123 Å². The van der Waals surface area contributed by atoms with Gasteiger partial charge in [-0.15, -0.1) is 0 Å². The number of hydrogen-bond acceptors (Lipinski definition) is 5. The van der Waals surface area contributed by atoms with E-state index >= 15 is 0 Å². The zero-order valence-electron chi connectivity index (χ0n) is 11.7. The van der Waals surface area contributed by atoms with Gasteiger partial charge in [0.25, 0.3) is 0 Å². The monoisotopic (exact) mass is 304 g/mol. The first-order chi connectivity index (χ1) is 10.0. The van der Waals surface area contributed by atoms with Gasteiger partial charge in [-0.3, -0.25) is 4.98 Å². The minimum Gasteiger partial charge on any atom is -0.264 e. The zero-order chi connectivity index (χ0) is 14.9. The molecule has 0 aliphatic heterocycles. The third-order valence-electron chi connectivity index (χ3n) is 3.46. The van der Waals surface area contributed by atoms with Crippen LogP contribution in [0.3, 0.4) is 0 Å². The summed E-state index contributed by atoms with van der Waals surface area (Å²) in [4.78, 5) is 13.0. The molecule has 2 aromatic rings. The second-order valence-corrected chi connectivity index (χ2v) is 6.95. The molecule has 0 amide bonds. The maximum atomic E-state index is 11.4. The smallest absolute Gasteiger partial charge is 0.209 e. The molecule has 1 atom stereocenters. The number of hydrogen-bond donors (Lipinski definition) is 1. The molecule has 1 aliphatic carbocycles. The maximum Gasteiger partial charge on any atom is 0.209 e. The first-order valence-corrected chi connectivity index (χ1v) is 8.65. The van der Waals surface area contributed by atoms with Crippen LogP contribution in [-0.4, -0.2) is 29.6 Å². The van der Waals surface area contributed by atoms with Gasteiger partial charge in [0.15, 0.2) is 5.82 Å². The molecule has 0 spiro atoms. The number of aryl methyl sites for hydroxylation is 1. The summed E-state index contributed by atoms with van der Waals surface area (Å²) >= 11 is 0. The molecule has 0 bridgehead atoms. The number of rotatable bonds is 3. The molecule has 7 heteroatoms. The maximum absolute atomic E-state index is 11.4. The molecule has 2 heterocycles. The Morgan fingerprint density at radius 2 is 2.19 bits per heavy atom. The highest BCUT2D eigenvalue weighted by atomic mass is 32.2. The number of nitrogens with zero attached hydrogens (tertiary/aromatic N) is 3. The molecule has 0 aromatic carbocycles. The summed E-state index contributed by atoms with van der Waals surface area (Å²) in [5.74, 6) is 0.627. The van der Waals surface area contributed by atoms with Gasteiger partial charge in [-0.1, -0.05) is 0 Å². The van der Waals surface area contributed by atoms with Gasteiger partial charge in [0.05, 0.1) is 6.26 Å². The average Bonchev–Trinajstić information content (AvgIpc) is 2.46. The van der Waals surface area contributed by atoms with Crippen LogP contribution in [0.25, 0.3) is 11.4 Å². The number of aromatic nitrogens is 3. The summed E-state index contributed by atoms with van der Waals surface area (Å²) in [6.45, 7) is 0. The number of pyridine rings is 1. The quantitative estimate of drug-likeness (QED) is 0.928. The van der Waals surface area contributed by atoms with Crippen LogP contribution in [0.1, 0.15) is 30.1 Å². The minimum absolute atomic E-state index is 0.230. The van der Waals surface area contributed by atoms with E-state index in [1.165, 1.54) is 6.26 Å². The molecule has 6 nitrogen and oxygen atoms in total. The van der Waals surface area contributed by atoms with E-state index in [-0.39, 0.29) is 6.04 Å². The Morgan fingerprint density at radius 3 is 2.90 bits per heavy atom. The number of fused-ring (bicyclic) bond motifs is 1. The SMILES string of the molecule is CS(=O)(=O)NC1CCCc2nc(-c3cccnc3)ncc21. The zero-order valence-corrected chi connectivity index (χ0v) is 12.5. The van der Waals surface area contributed by atoms with Crippen molar-refractivity contribution in [2.75, 3.05) is 6.26 Å². The van der Waals surface area contributed by atoms with Crippen molar-refractivity contribution in [1.82, 2.24) is 19.7 Å². The van der Waals surface area contributed by atoms with Crippen LogP contribution in [0.5, 0.6) is 0 Å². The van der Waals surface area contributed by atoms with Crippen LogP contribution in [0.15, 0.2) is 30.7 Å². The van der Waals surface area contributed by atoms with E-state index in [1.54, 1.807) is 18.6 Å². The Bertz CT molecular complexity index is 747. The molecule has 3 rings (SSSR count). The molecule has 21 heavy (non-hydrogen) atoms. The van der Waals surface area contributed by atoms with Crippen molar-refractivity contribution >= 4 is 10.0 Å². The normalized spacial score (nSPS) is 18.2. The van der Waals surface area contributed by atoms with Crippen LogP contribution < -0.4 is 4.72 Å². The van der Waals surface area contributed by atoms with Gasteiger partial charge in [-0.2, -0.15) is 0 Å². The molecule has 0 fully saturated rings. The Hall–Kier alpha value is -1.86. The standard InChI is InChI=1S/C14H16N4O2S/c1-21(19,20)18-13-6-2-5-12-11(13)9-16-14(17-12)10-4-3-7-15-8-10/h3-4,7-9,13,18H,2,5-6H2,1H3. The van der Waals surface area contributed by atoms with E-state index in [0.717, 1.165) is 36.1 Å². The van der Waals surface area contributed by atoms with Gasteiger partial charge in [-0.25, -0.2) is 23.1 Å². The summed E-state index contributed by atoms with van der Waals surface area (Å²) in [7, 11) is -3.24. The van der Waals surface area contributed by atoms with Crippen molar-refractivity contribution in [3.8, 4) is 11.4 Å². The highest BCUT2D eigenvalue weighted by Crippen LogP contribution is 2.29. The van der Waals surface area contributed by atoms with E-state index in [2.05, 4.69) is 19.7 Å². The van der Waals surface area contributed by atoms with Crippen LogP contribution in [0.2, 0.25) is 0 Å². The fourth-order valence-electron chi connectivity index (χ4n) is 2.56. The lowest BCUT2D eigenvalue weighted by Gasteiger charge is -2.24. The average molecular weight is 304 g/mol. The number of sulfonamides is 1. The van der Waals surface area contributed by atoms with Gasteiger partial charge in [0, 0.05) is 41.5 Å². The van der Waals surface area contributed by atoms with Crippen molar-refractivity contribution in [2.24, 2.45) is 0 Å². The predicted octanol–water partition coefficient (Wildman–Crippen LogP) is 1.47. The third kappa shape index (κ3) is 3.25. The van der Waals surface area contributed by atoms with E-state index in [0.29, 0.717) is 5.82 Å². The van der Waals surface area contributed by atoms with E-state index < -0.39 is 10.0 Å². The second-order valence-electron chi connectivity index (χ2n) is 5.17. The fraction of sp³-hybridized carbons (Fsp3) is 0.357. The predicted molar refractivity (Wildman–Crippen MR) is 78.9 cm³/mol. The largest absolute Gasteiger partial charge is 0.264 e. The Kier molecular flexibility index (Phi) is 3.69. The topological polar surface area (TPSA) is 84.8 Å². The van der Waals surface area contributed by atoms with Crippen LogP contribution in [-0.2, 0) is 16.4 Å². The van der Waals surface area contributed by atoms with Crippen LogP contribution in [0, 0.1) is 0 Å². The minimum atomic E-state index is -3.24. The Balaban J connectivity index is 1.96. The fourth-order valence-corrected chi connectivity index (χ4v) is 3.32. The van der Waals surface area contributed by atoms with E-state index in [1.807, 2.05) is 12.1 Å². The highest BCUT2D eigenvalue weighted by Gasteiger charge is 2.24. The van der Waals surface area contributed by atoms with Gasteiger partial charge in [0.1, 0.15) is 0 Å².